The Morgan fingerprint density at radius 1 is 0.545 bits per heavy atom. The van der Waals surface area contributed by atoms with E-state index in [0.29, 0.717) is 64.8 Å². The van der Waals surface area contributed by atoms with Crippen molar-refractivity contribution in [2.75, 3.05) is 26.3 Å². The SMILES string of the molecule is CCON1C(C)(C)CC2(CC1(C)C)NC(=O)N(CCCCCCN1C(=O)NC3(CC(C)(C)N(OCC)C(C)(C)C3)C1=O)C2=O. The fourth-order valence-electron chi connectivity index (χ4n) is 9.09. The smallest absolute Gasteiger partial charge is 0.323 e. The van der Waals surface area contributed by atoms with E-state index < -0.39 is 33.2 Å². The summed E-state index contributed by atoms with van der Waals surface area (Å²) in [6.07, 6.45) is 4.74. The number of unbranched alkanes of at least 4 members (excludes halogenated alkanes) is 3. The minimum absolute atomic E-state index is 0.161. The van der Waals surface area contributed by atoms with Crippen molar-refractivity contribution in [1.82, 2.24) is 30.6 Å². The molecule has 2 N–H and O–H groups in total. The molecule has 12 heteroatoms. The van der Waals surface area contributed by atoms with Crippen molar-refractivity contribution in [3.63, 3.8) is 0 Å². The van der Waals surface area contributed by atoms with Crippen molar-refractivity contribution in [2.24, 2.45) is 0 Å². The summed E-state index contributed by atoms with van der Waals surface area (Å²) in [4.78, 5) is 68.0. The van der Waals surface area contributed by atoms with Gasteiger partial charge >= 0.3 is 12.1 Å². The molecule has 250 valence electrons. The highest BCUT2D eigenvalue weighted by Gasteiger charge is 2.63. The zero-order chi connectivity index (χ0) is 32.9. The molecule has 4 aliphatic rings. The maximum atomic E-state index is 13.7. The molecule has 4 saturated heterocycles. The molecule has 0 atom stereocenters. The maximum absolute atomic E-state index is 13.7. The fourth-order valence-corrected chi connectivity index (χ4v) is 9.09. The van der Waals surface area contributed by atoms with Crippen molar-refractivity contribution < 1.29 is 28.9 Å². The van der Waals surface area contributed by atoms with Crippen LogP contribution in [0, 0.1) is 0 Å². The zero-order valence-electron chi connectivity index (χ0n) is 28.7. The van der Waals surface area contributed by atoms with Crippen LogP contribution in [-0.2, 0) is 19.3 Å². The molecule has 0 aliphatic carbocycles. The highest BCUT2D eigenvalue weighted by Crippen LogP contribution is 2.47. The van der Waals surface area contributed by atoms with Crippen molar-refractivity contribution >= 4 is 23.9 Å². The van der Waals surface area contributed by atoms with Gasteiger partial charge in [-0.1, -0.05) is 12.8 Å². The van der Waals surface area contributed by atoms with Gasteiger partial charge in [0, 0.05) is 35.2 Å². The second-order valence-electron chi connectivity index (χ2n) is 15.7. The first-order chi connectivity index (χ1) is 20.3. The number of urea groups is 2. The molecule has 4 rings (SSSR count). The van der Waals surface area contributed by atoms with Gasteiger partial charge in [-0.05, 0) is 108 Å². The molecule has 0 aromatic heterocycles. The van der Waals surface area contributed by atoms with E-state index in [2.05, 4.69) is 10.6 Å². The zero-order valence-corrected chi connectivity index (χ0v) is 28.7. The van der Waals surface area contributed by atoms with Crippen LogP contribution in [0.5, 0.6) is 0 Å². The molecule has 4 heterocycles. The second kappa shape index (κ2) is 11.8. The number of hydroxylamine groups is 4. The highest BCUT2D eigenvalue weighted by molar-refractivity contribution is 6.08. The van der Waals surface area contributed by atoms with Crippen molar-refractivity contribution in [2.45, 2.75) is 154 Å². The Kier molecular flexibility index (Phi) is 9.29. The summed E-state index contributed by atoms with van der Waals surface area (Å²) in [6.45, 7) is 22.0. The highest BCUT2D eigenvalue weighted by atomic mass is 16.7. The third-order valence-corrected chi connectivity index (χ3v) is 9.66. The lowest BCUT2D eigenvalue weighted by atomic mass is 9.70. The van der Waals surface area contributed by atoms with Crippen LogP contribution in [0.15, 0.2) is 0 Å². The molecule has 4 fully saturated rings. The average Bonchev–Trinajstić information content (AvgIpc) is 3.22. The first kappa shape index (κ1) is 34.6. The molecular weight excluding hydrogens is 564 g/mol. The number of imide groups is 2. The Labute approximate surface area is 263 Å². The standard InChI is InChI=1S/C32H56N6O6/c1-11-43-37-27(3,4)19-31(20-28(37,5)6)23(39)35(25(41)33-31)17-15-13-14-16-18-36-24(40)32(34-26(36)42)21-29(7,8)38(44-12-2)30(9,10)22-32/h11-22H2,1-10H3,(H,33,41)(H,34,42). The van der Waals surface area contributed by atoms with Crippen LogP contribution in [0.4, 0.5) is 9.59 Å². The maximum Gasteiger partial charge on any atom is 0.325 e. The van der Waals surface area contributed by atoms with Gasteiger partial charge in [-0.2, -0.15) is 10.1 Å². The number of carbonyl (C=O) groups is 4. The van der Waals surface area contributed by atoms with E-state index in [1.165, 1.54) is 9.80 Å². The summed E-state index contributed by atoms with van der Waals surface area (Å²) in [5.74, 6) is -0.323. The largest absolute Gasteiger partial charge is 0.325 e. The number of piperidine rings is 2. The number of amides is 6. The lowest BCUT2D eigenvalue weighted by Crippen LogP contribution is -2.69. The van der Waals surface area contributed by atoms with Gasteiger partial charge < -0.3 is 10.6 Å². The summed E-state index contributed by atoms with van der Waals surface area (Å²) in [5, 5.41) is 10.1. The first-order valence-electron chi connectivity index (χ1n) is 16.4. The van der Waals surface area contributed by atoms with Gasteiger partial charge in [-0.15, -0.1) is 0 Å². The van der Waals surface area contributed by atoms with Gasteiger partial charge in [0.2, 0.25) is 0 Å². The third kappa shape index (κ3) is 6.11. The van der Waals surface area contributed by atoms with E-state index in [-0.39, 0.29) is 23.9 Å². The Hall–Kier alpha value is -2.28. The number of nitrogens with zero attached hydrogens (tertiary/aromatic N) is 4. The van der Waals surface area contributed by atoms with Crippen LogP contribution < -0.4 is 10.6 Å². The average molecular weight is 621 g/mol. The summed E-state index contributed by atoms with van der Waals surface area (Å²) in [6, 6.07) is -0.672. The van der Waals surface area contributed by atoms with Crippen molar-refractivity contribution in [1.29, 1.82) is 0 Å². The third-order valence-electron chi connectivity index (χ3n) is 9.66. The minimum atomic E-state index is -0.945. The fraction of sp³-hybridized carbons (Fsp3) is 0.875. The topological polar surface area (TPSA) is 124 Å². The lowest BCUT2D eigenvalue weighted by molar-refractivity contribution is -0.286. The Morgan fingerprint density at radius 2 is 0.841 bits per heavy atom. The normalized spacial score (nSPS) is 27.0. The van der Waals surface area contributed by atoms with Crippen LogP contribution in [0.3, 0.4) is 0 Å². The van der Waals surface area contributed by atoms with E-state index in [9.17, 15) is 19.2 Å². The van der Waals surface area contributed by atoms with Crippen molar-refractivity contribution in [3.8, 4) is 0 Å². The van der Waals surface area contributed by atoms with E-state index in [1.807, 2.05) is 79.4 Å². The molecule has 0 unspecified atom stereocenters. The molecule has 44 heavy (non-hydrogen) atoms. The molecule has 0 radical (unpaired) electrons. The number of rotatable bonds is 11. The van der Waals surface area contributed by atoms with Gasteiger partial charge in [-0.3, -0.25) is 29.1 Å². The quantitative estimate of drug-likeness (QED) is 0.258. The van der Waals surface area contributed by atoms with Crippen LogP contribution >= 0.6 is 0 Å². The molecule has 12 nitrogen and oxygen atoms in total. The van der Waals surface area contributed by atoms with E-state index >= 15 is 0 Å². The number of carbonyl (C=O) groups excluding carboxylic acids is 4. The van der Waals surface area contributed by atoms with E-state index in [4.69, 9.17) is 9.68 Å². The molecule has 4 aliphatic heterocycles. The van der Waals surface area contributed by atoms with Crippen LogP contribution in [0.1, 0.15) is 121 Å². The lowest BCUT2D eigenvalue weighted by Gasteiger charge is -2.56. The molecule has 0 aromatic rings. The van der Waals surface area contributed by atoms with Crippen LogP contribution in [0.2, 0.25) is 0 Å². The second-order valence-corrected chi connectivity index (χ2v) is 15.7. The molecule has 6 amide bonds. The minimum Gasteiger partial charge on any atom is -0.323 e. The summed E-state index contributed by atoms with van der Waals surface area (Å²) in [7, 11) is 0. The number of hydrogen-bond donors (Lipinski definition) is 2. The molecular formula is C32H56N6O6. The van der Waals surface area contributed by atoms with Gasteiger partial charge in [0.1, 0.15) is 11.1 Å². The summed E-state index contributed by atoms with van der Waals surface area (Å²) in [5.41, 5.74) is -3.67. The van der Waals surface area contributed by atoms with Gasteiger partial charge in [-0.25, -0.2) is 9.59 Å². The number of hydrogen-bond acceptors (Lipinski definition) is 8. The number of nitrogens with one attached hydrogen (secondary N) is 2. The Morgan fingerprint density at radius 3 is 1.11 bits per heavy atom. The van der Waals surface area contributed by atoms with Crippen molar-refractivity contribution in [3.05, 3.63) is 0 Å². The van der Waals surface area contributed by atoms with E-state index in [0.717, 1.165) is 12.8 Å². The summed E-state index contributed by atoms with van der Waals surface area (Å²) < 4.78 is 0. The van der Waals surface area contributed by atoms with E-state index in [1.54, 1.807) is 0 Å². The van der Waals surface area contributed by atoms with Gasteiger partial charge in [0.25, 0.3) is 11.8 Å². The van der Waals surface area contributed by atoms with Gasteiger partial charge in [0.15, 0.2) is 0 Å². The predicted molar refractivity (Wildman–Crippen MR) is 166 cm³/mol. The first-order valence-corrected chi connectivity index (χ1v) is 16.4. The van der Waals surface area contributed by atoms with Crippen LogP contribution in [-0.4, -0.2) is 103 Å². The van der Waals surface area contributed by atoms with Gasteiger partial charge in [0.05, 0.1) is 13.2 Å². The van der Waals surface area contributed by atoms with Crippen LogP contribution in [0.25, 0.3) is 0 Å². The molecule has 0 aromatic carbocycles. The monoisotopic (exact) mass is 620 g/mol. The molecule has 2 spiro atoms. The molecule has 0 bridgehead atoms. The predicted octanol–water partition coefficient (Wildman–Crippen LogP) is 4.34. The summed E-state index contributed by atoms with van der Waals surface area (Å²) >= 11 is 0. The Bertz CT molecular complexity index is 1030. The molecule has 0 saturated carbocycles. The Balaban J connectivity index is 1.28.